The first-order valence-corrected chi connectivity index (χ1v) is 12.8. The summed E-state index contributed by atoms with van der Waals surface area (Å²) in [5.74, 6) is 0.261. The third kappa shape index (κ3) is 6.46. The second-order valence-electron chi connectivity index (χ2n) is 9.83. The number of ether oxygens (including phenoxy) is 1. The number of para-hydroxylation sites is 2. The molecule has 4 heteroatoms. The van der Waals surface area contributed by atoms with Crippen LogP contribution in [0.2, 0.25) is 0 Å². The molecule has 0 aliphatic carbocycles. The number of ketones is 1. The van der Waals surface area contributed by atoms with Crippen molar-refractivity contribution in [1.82, 2.24) is 0 Å². The molecular formula is C33H35NO3. The van der Waals surface area contributed by atoms with Gasteiger partial charge in [0.15, 0.2) is 11.4 Å². The molecule has 0 bridgehead atoms. The van der Waals surface area contributed by atoms with Crippen molar-refractivity contribution in [2.45, 2.75) is 39.2 Å². The van der Waals surface area contributed by atoms with E-state index in [0.717, 1.165) is 29.9 Å². The molecule has 1 unspecified atom stereocenters. The van der Waals surface area contributed by atoms with Crippen LogP contribution in [0.1, 0.15) is 31.9 Å². The number of aliphatic hydroxyl groups excluding tert-OH is 1. The summed E-state index contributed by atoms with van der Waals surface area (Å²) in [4.78, 5) is 14.7. The monoisotopic (exact) mass is 493 g/mol. The zero-order valence-electron chi connectivity index (χ0n) is 21.8. The summed E-state index contributed by atoms with van der Waals surface area (Å²) < 4.78 is 5.90. The van der Waals surface area contributed by atoms with Gasteiger partial charge in [-0.2, -0.15) is 0 Å². The molecule has 0 aliphatic rings. The van der Waals surface area contributed by atoms with Crippen molar-refractivity contribution in [3.8, 4) is 5.75 Å². The molecule has 4 rings (SSSR count). The first-order valence-electron chi connectivity index (χ1n) is 12.8. The van der Waals surface area contributed by atoms with Crippen molar-refractivity contribution in [3.63, 3.8) is 0 Å². The van der Waals surface area contributed by atoms with Gasteiger partial charge >= 0.3 is 0 Å². The topological polar surface area (TPSA) is 49.8 Å². The van der Waals surface area contributed by atoms with Crippen molar-refractivity contribution >= 4 is 22.8 Å². The molecule has 0 fully saturated rings. The molecule has 190 valence electrons. The Morgan fingerprint density at radius 2 is 1.16 bits per heavy atom. The van der Waals surface area contributed by atoms with Gasteiger partial charge in [0.25, 0.3) is 0 Å². The third-order valence-corrected chi connectivity index (χ3v) is 6.54. The normalized spacial score (nSPS) is 12.7. The zero-order chi connectivity index (χ0) is 26.3. The van der Waals surface area contributed by atoms with Crippen LogP contribution in [-0.4, -0.2) is 23.1 Å². The van der Waals surface area contributed by atoms with E-state index in [9.17, 15) is 9.90 Å². The predicted octanol–water partition coefficient (Wildman–Crippen LogP) is 7.30. The van der Waals surface area contributed by atoms with E-state index in [1.54, 1.807) is 6.92 Å². The second-order valence-corrected chi connectivity index (χ2v) is 9.83. The minimum atomic E-state index is -1.23. The van der Waals surface area contributed by atoms with Gasteiger partial charge < -0.3 is 14.7 Å². The van der Waals surface area contributed by atoms with Gasteiger partial charge in [-0.1, -0.05) is 74.5 Å². The van der Waals surface area contributed by atoms with E-state index < -0.39 is 5.60 Å². The molecule has 0 saturated carbocycles. The molecule has 0 radical (unpaired) electrons. The van der Waals surface area contributed by atoms with Crippen LogP contribution in [0.4, 0.5) is 17.1 Å². The average molecular weight is 494 g/mol. The van der Waals surface area contributed by atoms with E-state index in [0.29, 0.717) is 5.75 Å². The van der Waals surface area contributed by atoms with E-state index in [-0.39, 0.29) is 18.3 Å². The highest BCUT2D eigenvalue weighted by atomic mass is 16.5. The standard InChI is InChI=1S/C33H35NO3/c1-25(2)32(36)33(3,24-35)37-31-22-18-27(19-23-31)15-14-26-16-20-30(21-17-26)34(28-10-6-4-7-11-28)29-12-8-5-9-13-29/h4-13,16-23,25,35H,14-15,24H2,1-3H3. The van der Waals surface area contributed by atoms with Crippen LogP contribution in [0.25, 0.3) is 0 Å². The Bertz CT molecular complexity index is 1230. The minimum Gasteiger partial charge on any atom is -0.477 e. The fraction of sp³-hybridized carbons (Fsp3) is 0.242. The Labute approximate surface area is 220 Å². The molecule has 4 nitrogen and oxygen atoms in total. The number of rotatable bonds is 11. The smallest absolute Gasteiger partial charge is 0.187 e. The van der Waals surface area contributed by atoms with Crippen LogP contribution in [-0.2, 0) is 17.6 Å². The van der Waals surface area contributed by atoms with Crippen LogP contribution in [0.3, 0.4) is 0 Å². The SMILES string of the molecule is CC(C)C(=O)C(C)(CO)Oc1ccc(CCc2ccc(N(c3ccccc3)c3ccccc3)cc2)cc1. The highest BCUT2D eigenvalue weighted by molar-refractivity contribution is 5.89. The molecular weight excluding hydrogens is 458 g/mol. The fourth-order valence-corrected chi connectivity index (χ4v) is 4.46. The quantitative estimate of drug-likeness (QED) is 0.238. The summed E-state index contributed by atoms with van der Waals surface area (Å²) in [5, 5.41) is 9.77. The molecule has 37 heavy (non-hydrogen) atoms. The number of hydrogen-bond acceptors (Lipinski definition) is 4. The number of Topliss-reactive ketones (excluding diaryl/α,β-unsaturated/α-hetero) is 1. The number of nitrogens with zero attached hydrogens (tertiary/aromatic N) is 1. The number of aryl methyl sites for hydroxylation is 2. The third-order valence-electron chi connectivity index (χ3n) is 6.54. The summed E-state index contributed by atoms with van der Waals surface area (Å²) in [7, 11) is 0. The van der Waals surface area contributed by atoms with Crippen LogP contribution >= 0.6 is 0 Å². The van der Waals surface area contributed by atoms with E-state index >= 15 is 0 Å². The number of hydrogen-bond donors (Lipinski definition) is 1. The number of benzene rings is 4. The summed E-state index contributed by atoms with van der Waals surface area (Å²) in [6.07, 6.45) is 1.81. The predicted molar refractivity (Wildman–Crippen MR) is 151 cm³/mol. The van der Waals surface area contributed by atoms with Gasteiger partial charge in [-0.3, -0.25) is 4.79 Å². The highest BCUT2D eigenvalue weighted by Gasteiger charge is 2.36. The van der Waals surface area contributed by atoms with E-state index in [1.807, 2.05) is 50.2 Å². The van der Waals surface area contributed by atoms with Crippen LogP contribution in [0.5, 0.6) is 5.75 Å². The van der Waals surface area contributed by atoms with Gasteiger partial charge in [-0.25, -0.2) is 0 Å². The highest BCUT2D eigenvalue weighted by Crippen LogP contribution is 2.34. The van der Waals surface area contributed by atoms with Crippen LogP contribution in [0, 0.1) is 5.92 Å². The first-order chi connectivity index (χ1) is 17.9. The fourth-order valence-electron chi connectivity index (χ4n) is 4.46. The van der Waals surface area contributed by atoms with Gasteiger partial charge in [-0.15, -0.1) is 0 Å². The van der Waals surface area contributed by atoms with Gasteiger partial charge in [0, 0.05) is 23.0 Å². The first kappa shape index (κ1) is 26.2. The van der Waals surface area contributed by atoms with Gasteiger partial charge in [0.2, 0.25) is 0 Å². The largest absolute Gasteiger partial charge is 0.477 e. The van der Waals surface area contributed by atoms with E-state index in [2.05, 4.69) is 77.7 Å². The number of carbonyl (C=O) groups is 1. The molecule has 4 aromatic carbocycles. The molecule has 1 atom stereocenters. The molecule has 0 aliphatic heterocycles. The van der Waals surface area contributed by atoms with Crippen molar-refractivity contribution in [2.75, 3.05) is 11.5 Å². The summed E-state index contributed by atoms with van der Waals surface area (Å²) in [6.45, 7) is 4.92. The number of carbonyl (C=O) groups excluding carboxylic acids is 1. The molecule has 1 N–H and O–H groups in total. The Hall–Kier alpha value is -3.89. The molecule has 0 amide bonds. The van der Waals surface area contributed by atoms with Gasteiger partial charge in [0.05, 0.1) is 6.61 Å². The summed E-state index contributed by atoms with van der Waals surface area (Å²) in [6, 6.07) is 37.3. The average Bonchev–Trinajstić information content (AvgIpc) is 2.94. The van der Waals surface area contributed by atoms with Crippen molar-refractivity contribution < 1.29 is 14.6 Å². The summed E-state index contributed by atoms with van der Waals surface area (Å²) in [5.41, 5.74) is 4.58. The lowest BCUT2D eigenvalue weighted by Crippen LogP contribution is -2.47. The molecule has 0 spiro atoms. The Kier molecular flexibility index (Phi) is 8.42. The minimum absolute atomic E-state index is 0.111. The maximum Gasteiger partial charge on any atom is 0.187 e. The maximum atomic E-state index is 12.5. The Balaban J connectivity index is 1.42. The lowest BCUT2D eigenvalue weighted by Gasteiger charge is -2.29. The number of aliphatic hydroxyl groups is 1. The van der Waals surface area contributed by atoms with Gasteiger partial charge in [0.1, 0.15) is 5.75 Å². The lowest BCUT2D eigenvalue weighted by molar-refractivity contribution is -0.139. The maximum absolute atomic E-state index is 12.5. The molecule has 4 aromatic rings. The molecule has 0 saturated heterocycles. The van der Waals surface area contributed by atoms with E-state index in [1.165, 1.54) is 11.1 Å². The number of anilines is 3. The molecule has 0 heterocycles. The van der Waals surface area contributed by atoms with Gasteiger partial charge in [-0.05, 0) is 79.4 Å². The second kappa shape index (κ2) is 11.9. The molecule has 0 aromatic heterocycles. The Morgan fingerprint density at radius 1 is 0.730 bits per heavy atom. The van der Waals surface area contributed by atoms with Crippen molar-refractivity contribution in [1.29, 1.82) is 0 Å². The van der Waals surface area contributed by atoms with Crippen LogP contribution < -0.4 is 9.64 Å². The van der Waals surface area contributed by atoms with Crippen LogP contribution in [0.15, 0.2) is 109 Å². The lowest BCUT2D eigenvalue weighted by atomic mass is 9.93. The van der Waals surface area contributed by atoms with E-state index in [4.69, 9.17) is 4.74 Å². The Morgan fingerprint density at radius 3 is 1.59 bits per heavy atom. The summed E-state index contributed by atoms with van der Waals surface area (Å²) >= 11 is 0. The van der Waals surface area contributed by atoms with Crippen molar-refractivity contribution in [3.05, 3.63) is 120 Å². The zero-order valence-corrected chi connectivity index (χ0v) is 21.8. The van der Waals surface area contributed by atoms with Crippen molar-refractivity contribution in [2.24, 2.45) is 5.92 Å².